The Morgan fingerprint density at radius 1 is 1.33 bits per heavy atom. The fraction of sp³-hybridized carbons (Fsp3) is 0.571. The van der Waals surface area contributed by atoms with Gasteiger partial charge < -0.3 is 14.2 Å². The monoisotopic (exact) mass is 251 g/mol. The Balaban J connectivity index is 1.80. The Morgan fingerprint density at radius 2 is 2.11 bits per heavy atom. The van der Waals surface area contributed by atoms with Gasteiger partial charge in [-0.3, -0.25) is 4.90 Å². The molecule has 1 aliphatic rings. The summed E-state index contributed by atoms with van der Waals surface area (Å²) in [4.78, 5) is 2.39. The zero-order chi connectivity index (χ0) is 12.8. The molecular weight excluding hydrogens is 230 g/mol. The highest BCUT2D eigenvalue weighted by molar-refractivity contribution is 5.39. The van der Waals surface area contributed by atoms with Crippen molar-refractivity contribution in [2.24, 2.45) is 0 Å². The van der Waals surface area contributed by atoms with Gasteiger partial charge >= 0.3 is 0 Å². The molecule has 2 rings (SSSR count). The van der Waals surface area contributed by atoms with E-state index in [0.717, 1.165) is 37.8 Å². The third-order valence-electron chi connectivity index (χ3n) is 3.21. The van der Waals surface area contributed by atoms with Crippen LogP contribution in [0.5, 0.6) is 11.5 Å². The van der Waals surface area contributed by atoms with Gasteiger partial charge in [0.2, 0.25) is 0 Å². The Hall–Kier alpha value is -1.26. The van der Waals surface area contributed by atoms with Crippen LogP contribution in [0.4, 0.5) is 0 Å². The summed E-state index contributed by atoms with van der Waals surface area (Å²) in [5.41, 5.74) is 0. The van der Waals surface area contributed by atoms with Crippen molar-refractivity contribution < 1.29 is 14.2 Å². The fourth-order valence-electron chi connectivity index (χ4n) is 2.10. The van der Waals surface area contributed by atoms with E-state index in [9.17, 15) is 0 Å². The highest BCUT2D eigenvalue weighted by atomic mass is 16.5. The molecule has 0 saturated carbocycles. The topological polar surface area (TPSA) is 30.9 Å². The molecular formula is C14H21NO3. The van der Waals surface area contributed by atoms with Gasteiger partial charge in [-0.15, -0.1) is 0 Å². The molecule has 0 radical (unpaired) electrons. The molecule has 4 heteroatoms. The van der Waals surface area contributed by atoms with Crippen LogP contribution in [0.25, 0.3) is 0 Å². The quantitative estimate of drug-likeness (QED) is 0.798. The van der Waals surface area contributed by atoms with Gasteiger partial charge in [0, 0.05) is 19.1 Å². The average molecular weight is 251 g/mol. The number of rotatable bonds is 5. The average Bonchev–Trinajstić information content (AvgIpc) is 2.41. The number of nitrogens with zero attached hydrogens (tertiary/aromatic N) is 1. The van der Waals surface area contributed by atoms with Gasteiger partial charge in [0.05, 0.1) is 20.3 Å². The third kappa shape index (κ3) is 3.37. The molecule has 1 fully saturated rings. The molecule has 4 nitrogen and oxygen atoms in total. The molecule has 0 amide bonds. The lowest BCUT2D eigenvalue weighted by molar-refractivity contribution is -0.00524. The zero-order valence-electron chi connectivity index (χ0n) is 11.1. The molecule has 0 spiro atoms. The minimum absolute atomic E-state index is 0.472. The molecule has 0 unspecified atom stereocenters. The van der Waals surface area contributed by atoms with E-state index in [-0.39, 0.29) is 0 Å². The summed E-state index contributed by atoms with van der Waals surface area (Å²) in [6, 6.07) is 8.21. The van der Waals surface area contributed by atoms with Crippen molar-refractivity contribution in [1.82, 2.24) is 4.90 Å². The first-order valence-electron chi connectivity index (χ1n) is 6.39. The van der Waals surface area contributed by atoms with Gasteiger partial charge in [0.1, 0.15) is 6.61 Å². The predicted molar refractivity (Wildman–Crippen MR) is 70.3 cm³/mol. The molecule has 1 aliphatic heterocycles. The predicted octanol–water partition coefficient (Wildman–Crippen LogP) is 1.79. The van der Waals surface area contributed by atoms with E-state index in [1.165, 1.54) is 0 Å². The first-order chi connectivity index (χ1) is 8.81. The first-order valence-corrected chi connectivity index (χ1v) is 6.39. The van der Waals surface area contributed by atoms with Gasteiger partial charge in [0.25, 0.3) is 0 Å². The van der Waals surface area contributed by atoms with Gasteiger partial charge in [-0.25, -0.2) is 0 Å². The number of para-hydroxylation sites is 2. The lowest BCUT2D eigenvalue weighted by Crippen LogP contribution is -2.45. The van der Waals surface area contributed by atoms with Crippen molar-refractivity contribution in [2.45, 2.75) is 13.0 Å². The second kappa shape index (κ2) is 6.61. The molecule has 100 valence electrons. The zero-order valence-corrected chi connectivity index (χ0v) is 11.1. The smallest absolute Gasteiger partial charge is 0.161 e. The lowest BCUT2D eigenvalue weighted by atomic mass is 10.2. The maximum Gasteiger partial charge on any atom is 0.161 e. The van der Waals surface area contributed by atoms with Gasteiger partial charge in [-0.05, 0) is 19.1 Å². The second-order valence-corrected chi connectivity index (χ2v) is 4.46. The van der Waals surface area contributed by atoms with Crippen molar-refractivity contribution in [3.05, 3.63) is 24.3 Å². The molecule has 0 aliphatic carbocycles. The van der Waals surface area contributed by atoms with Crippen LogP contribution in [0.1, 0.15) is 6.92 Å². The van der Waals surface area contributed by atoms with E-state index in [4.69, 9.17) is 14.2 Å². The number of hydrogen-bond acceptors (Lipinski definition) is 4. The summed E-state index contributed by atoms with van der Waals surface area (Å²) in [6.07, 6.45) is 0. The third-order valence-corrected chi connectivity index (χ3v) is 3.21. The number of morpholine rings is 1. The summed E-state index contributed by atoms with van der Waals surface area (Å²) in [7, 11) is 1.66. The number of hydrogen-bond donors (Lipinski definition) is 0. The minimum atomic E-state index is 0.472. The Morgan fingerprint density at radius 3 is 2.83 bits per heavy atom. The summed E-state index contributed by atoms with van der Waals surface area (Å²) < 4.78 is 16.4. The van der Waals surface area contributed by atoms with E-state index in [2.05, 4.69) is 11.8 Å². The Labute approximate surface area is 108 Å². The molecule has 18 heavy (non-hydrogen) atoms. The number of ether oxygens (including phenoxy) is 3. The molecule has 1 heterocycles. The first kappa shape index (κ1) is 13.2. The normalized spacial score (nSPS) is 20.7. The van der Waals surface area contributed by atoms with Crippen molar-refractivity contribution in [3.63, 3.8) is 0 Å². The summed E-state index contributed by atoms with van der Waals surface area (Å²) in [5, 5.41) is 0. The van der Waals surface area contributed by atoms with Crippen LogP contribution >= 0.6 is 0 Å². The molecule has 1 saturated heterocycles. The maximum absolute atomic E-state index is 5.77. The summed E-state index contributed by atoms with van der Waals surface area (Å²) >= 11 is 0. The van der Waals surface area contributed by atoms with E-state index in [1.54, 1.807) is 7.11 Å². The number of benzene rings is 1. The summed E-state index contributed by atoms with van der Waals surface area (Å²) in [6.45, 7) is 6.39. The fourth-order valence-corrected chi connectivity index (χ4v) is 2.10. The van der Waals surface area contributed by atoms with Crippen LogP contribution < -0.4 is 9.47 Å². The van der Waals surface area contributed by atoms with E-state index < -0.39 is 0 Å². The van der Waals surface area contributed by atoms with Crippen molar-refractivity contribution in [3.8, 4) is 11.5 Å². The van der Waals surface area contributed by atoms with Crippen molar-refractivity contribution >= 4 is 0 Å². The highest BCUT2D eigenvalue weighted by Crippen LogP contribution is 2.25. The minimum Gasteiger partial charge on any atom is -0.493 e. The van der Waals surface area contributed by atoms with Crippen LogP contribution in [0, 0.1) is 0 Å². The molecule has 1 aromatic rings. The number of methoxy groups -OCH3 is 1. The van der Waals surface area contributed by atoms with Crippen LogP contribution in [0.2, 0.25) is 0 Å². The lowest BCUT2D eigenvalue weighted by Gasteiger charge is -2.32. The van der Waals surface area contributed by atoms with Gasteiger partial charge in [-0.2, -0.15) is 0 Å². The Bertz CT molecular complexity index is 370. The van der Waals surface area contributed by atoms with Crippen LogP contribution in [0.3, 0.4) is 0 Å². The molecule has 0 bridgehead atoms. The van der Waals surface area contributed by atoms with E-state index in [0.29, 0.717) is 12.6 Å². The van der Waals surface area contributed by atoms with Crippen molar-refractivity contribution in [2.75, 3.05) is 40.0 Å². The maximum atomic E-state index is 5.77. The summed E-state index contributed by atoms with van der Waals surface area (Å²) in [5.74, 6) is 1.59. The van der Waals surface area contributed by atoms with Crippen LogP contribution in [-0.4, -0.2) is 51.0 Å². The SMILES string of the molecule is COc1ccccc1OCCN1CCOC[C@H]1C. The Kier molecular flexibility index (Phi) is 4.84. The van der Waals surface area contributed by atoms with Crippen LogP contribution in [0.15, 0.2) is 24.3 Å². The standard InChI is InChI=1S/C14H21NO3/c1-12-11-17-9-7-15(12)8-10-18-14-6-4-3-5-13(14)16-2/h3-6,12H,7-11H2,1-2H3/t12-/m1/s1. The molecule has 0 aromatic heterocycles. The van der Waals surface area contributed by atoms with E-state index >= 15 is 0 Å². The van der Waals surface area contributed by atoms with Gasteiger partial charge in [0.15, 0.2) is 11.5 Å². The molecule has 0 N–H and O–H groups in total. The largest absolute Gasteiger partial charge is 0.493 e. The van der Waals surface area contributed by atoms with Crippen LogP contribution in [-0.2, 0) is 4.74 Å². The van der Waals surface area contributed by atoms with Crippen molar-refractivity contribution in [1.29, 1.82) is 0 Å². The second-order valence-electron chi connectivity index (χ2n) is 4.46. The highest BCUT2D eigenvalue weighted by Gasteiger charge is 2.18. The molecule has 1 atom stereocenters. The van der Waals surface area contributed by atoms with E-state index in [1.807, 2.05) is 24.3 Å². The molecule has 1 aromatic carbocycles. The van der Waals surface area contributed by atoms with Gasteiger partial charge in [-0.1, -0.05) is 12.1 Å².